The van der Waals surface area contributed by atoms with Crippen LogP contribution >= 0.6 is 0 Å². The van der Waals surface area contributed by atoms with Gasteiger partial charge in [-0.25, -0.2) is 24.0 Å². The van der Waals surface area contributed by atoms with Gasteiger partial charge < -0.3 is 45.6 Å². The van der Waals surface area contributed by atoms with Crippen molar-refractivity contribution >= 4 is 47.2 Å². The van der Waals surface area contributed by atoms with Crippen molar-refractivity contribution in [2.24, 2.45) is 0 Å². The number of Topliss-reactive ketones (excluding diaryl/α,β-unsaturated/α-hetero) is 3. The van der Waals surface area contributed by atoms with E-state index in [0.717, 1.165) is 0 Å². The normalized spacial score (nSPS) is 9.86. The Balaban J connectivity index is 0.000000278. The molecule has 0 fully saturated rings. The minimum absolute atomic E-state index is 0. The van der Waals surface area contributed by atoms with E-state index in [4.69, 9.17) is 35.4 Å². The molecule has 0 saturated heterocycles. The van der Waals surface area contributed by atoms with Gasteiger partial charge in [0.1, 0.15) is 19.8 Å². The van der Waals surface area contributed by atoms with Crippen molar-refractivity contribution in [1.29, 1.82) is 0 Å². The van der Waals surface area contributed by atoms with Crippen LogP contribution in [0.3, 0.4) is 0 Å². The number of carbonyl (C=O) groups excluding carboxylic acids is 5. The largest absolute Gasteiger partial charge is 1.00 e. The van der Waals surface area contributed by atoms with E-state index in [1.165, 1.54) is 142 Å². The van der Waals surface area contributed by atoms with Gasteiger partial charge in [-0.15, -0.1) is 0 Å². The van der Waals surface area contributed by atoms with E-state index in [-0.39, 0.29) is 58.3 Å². The Bertz CT molecular complexity index is 3400. The summed E-state index contributed by atoms with van der Waals surface area (Å²) in [7, 11) is 1.29. The van der Waals surface area contributed by atoms with Crippen molar-refractivity contribution in [3.63, 3.8) is 0 Å². The Hall–Kier alpha value is -9.60. The molecule has 8 aromatic rings. The number of ketones is 3. The van der Waals surface area contributed by atoms with Crippen LogP contribution in [0.4, 0.5) is 0 Å². The van der Waals surface area contributed by atoms with Crippen molar-refractivity contribution in [1.82, 2.24) is 39.9 Å². The smallest absolute Gasteiger partial charge is 0.870 e. The van der Waals surface area contributed by atoms with Gasteiger partial charge >= 0.3 is 59.4 Å². The number of aliphatic hydroxyl groups excluding tert-OH is 3. The predicted molar refractivity (Wildman–Crippen MR) is 274 cm³/mol. The van der Waals surface area contributed by atoms with Gasteiger partial charge in [-0.3, -0.25) is 54.3 Å². The van der Waals surface area contributed by atoms with Crippen LogP contribution in [-0.2, 0) is 9.47 Å². The first kappa shape index (κ1) is 64.7. The van der Waals surface area contributed by atoms with Crippen LogP contribution in [0.1, 0.15) is 89.8 Å². The van der Waals surface area contributed by atoms with Crippen LogP contribution in [0.25, 0.3) is 45.6 Å². The maximum absolute atomic E-state index is 11.7. The molecule has 8 heterocycles. The maximum Gasteiger partial charge on any atom is 1.00 e. The summed E-state index contributed by atoms with van der Waals surface area (Å²) >= 11 is 0. The fourth-order valence-electron chi connectivity index (χ4n) is 6.34. The third kappa shape index (κ3) is 18.6. The number of hydrogen-bond acceptors (Lipinski definition) is 22. The van der Waals surface area contributed by atoms with Gasteiger partial charge in [0.25, 0.3) is 0 Å². The van der Waals surface area contributed by atoms with Crippen LogP contribution in [0.15, 0.2) is 147 Å². The number of hydrogen-bond donors (Lipinski definition) is 6. The number of aromatic carboxylic acids is 3. The number of aromatic nitrogens is 8. The van der Waals surface area contributed by atoms with Gasteiger partial charge in [0, 0.05) is 66.3 Å². The molecule has 0 aliphatic heterocycles. The third-order valence-corrected chi connectivity index (χ3v) is 10.2. The minimum atomic E-state index is -1.08. The summed E-state index contributed by atoms with van der Waals surface area (Å²) in [5.41, 5.74) is 5.06. The Labute approximate surface area is 475 Å². The summed E-state index contributed by atoms with van der Waals surface area (Å²) in [5, 5.41) is 53.1. The van der Waals surface area contributed by atoms with E-state index in [1.807, 2.05) is 0 Å². The van der Waals surface area contributed by atoms with Crippen LogP contribution in [0.2, 0.25) is 0 Å². The number of ether oxygens (including phenoxy) is 2. The van der Waals surface area contributed by atoms with Crippen molar-refractivity contribution in [3.05, 3.63) is 191 Å². The number of carboxylic acids is 3. The van der Waals surface area contributed by atoms with Crippen molar-refractivity contribution in [2.75, 3.05) is 33.5 Å². The molecule has 26 heteroatoms. The summed E-state index contributed by atoms with van der Waals surface area (Å²) in [6.07, 6.45) is 11.3. The first-order valence-electron chi connectivity index (χ1n) is 22.6. The van der Waals surface area contributed by atoms with Crippen LogP contribution in [0, 0.1) is 0 Å². The van der Waals surface area contributed by atoms with Gasteiger partial charge in [0.15, 0.2) is 17.3 Å². The average Bonchev–Trinajstić information content (AvgIpc) is 3.50. The maximum atomic E-state index is 11.7. The summed E-state index contributed by atoms with van der Waals surface area (Å²) in [5.74, 6) is -5.37. The summed E-state index contributed by atoms with van der Waals surface area (Å²) in [6.45, 7) is 0.283. The molecule has 0 radical (unpaired) electrons. The number of esters is 2. The van der Waals surface area contributed by atoms with Gasteiger partial charge in [0.2, 0.25) is 0 Å². The van der Waals surface area contributed by atoms with Gasteiger partial charge in [-0.2, -0.15) is 0 Å². The Morgan fingerprint density at radius 2 is 0.562 bits per heavy atom. The fourth-order valence-corrected chi connectivity index (χ4v) is 6.34. The number of carboxylic acid groups (broad SMARTS) is 3. The monoisotopic (exact) mass is 1100 g/mol. The van der Waals surface area contributed by atoms with E-state index < -0.39 is 67.0 Å². The van der Waals surface area contributed by atoms with E-state index in [9.17, 15) is 38.4 Å². The van der Waals surface area contributed by atoms with Crippen molar-refractivity contribution in [3.8, 4) is 45.6 Å². The fraction of sp³-hybridized carbons (Fsp3) is 0.111. The Kier molecular flexibility index (Phi) is 26.0. The van der Waals surface area contributed by atoms with Crippen molar-refractivity contribution in [2.45, 2.75) is 6.92 Å². The Morgan fingerprint density at radius 1 is 0.362 bits per heavy atom. The summed E-state index contributed by atoms with van der Waals surface area (Å²) in [6, 6.07) is 23.3. The zero-order valence-electron chi connectivity index (χ0n) is 42.5. The SMILES string of the molecule is CCOC(=O)c1ccnc(-c2cc(C(=O)CO)ccn2)c1.COC(=O)c1ccnc(-c2cc(C(=O)CO)ccn2)c1.O=C(O)c1ccnc(-c2cc(C(=O)CO)ccn2)c1.O=C(O)c1ccnc(-c2cc(C(=O)O)ccn2)c1.[Na+].[OH-]. The molecule has 7 N–H and O–H groups in total. The average molecular weight is 1100 g/mol. The zero-order chi connectivity index (χ0) is 56.7. The minimum Gasteiger partial charge on any atom is -0.870 e. The first-order valence-corrected chi connectivity index (χ1v) is 22.6. The van der Waals surface area contributed by atoms with Gasteiger partial charge in [0.05, 0.1) is 87.1 Å². The van der Waals surface area contributed by atoms with Gasteiger partial charge in [-0.1, -0.05) is 0 Å². The standard InChI is InChI=1S/C15H14N2O4.C14H12N2O4.C13H10N2O4.C12H8N2O4.Na.H2O/c1-2-21-15(20)11-4-6-17-13(8-11)12-7-10(3-5-16-12)14(19)9-18;1-20-14(19)10-3-5-16-12(7-10)11-6-9(2-4-15-11)13(18)8-17;16-7-12(17)8-1-3-14-10(5-8)11-6-9(13(18)19)2-4-15-11;15-11(16)7-1-3-13-9(5-7)10-6-8(12(17)18)2-4-14-10;;/h3-8,18H,2,9H2,1H3;2-7,17H,8H2,1H3;1-6,16H,7H2,(H,18,19);1-6H,(H,15,16)(H,17,18);;1H2/q;;;;+1;/p-1. The molecular weight excluding hydrogens is 1060 g/mol. The third-order valence-electron chi connectivity index (χ3n) is 10.2. The molecule has 25 nitrogen and oxygen atoms in total. The van der Waals surface area contributed by atoms with Crippen LogP contribution in [0.5, 0.6) is 0 Å². The molecule has 0 amide bonds. The molecule has 0 saturated carbocycles. The van der Waals surface area contributed by atoms with E-state index in [0.29, 0.717) is 73.4 Å². The number of carbonyl (C=O) groups is 8. The molecule has 404 valence electrons. The molecule has 8 rings (SSSR count). The quantitative estimate of drug-likeness (QED) is 0.0457. The molecule has 0 spiro atoms. The molecule has 0 aromatic carbocycles. The van der Waals surface area contributed by atoms with Gasteiger partial charge in [-0.05, 0) is 104 Å². The summed E-state index contributed by atoms with van der Waals surface area (Å²) < 4.78 is 9.56. The van der Waals surface area contributed by atoms with E-state index in [2.05, 4.69) is 44.6 Å². The Morgan fingerprint density at radius 3 is 0.775 bits per heavy atom. The molecule has 0 unspecified atom stereocenters. The first-order chi connectivity index (χ1) is 37.5. The second kappa shape index (κ2) is 32.2. The van der Waals surface area contributed by atoms with E-state index in [1.54, 1.807) is 19.1 Å². The molecule has 0 atom stereocenters. The topological polar surface area (TPSA) is 410 Å². The van der Waals surface area contributed by atoms with E-state index >= 15 is 0 Å². The number of rotatable bonds is 16. The number of methoxy groups -OCH3 is 1. The van der Waals surface area contributed by atoms with Crippen LogP contribution < -0.4 is 29.6 Å². The molecule has 0 aliphatic carbocycles. The van der Waals surface area contributed by atoms with Crippen LogP contribution in [-0.4, -0.2) is 157 Å². The predicted octanol–water partition coefficient (Wildman–Crippen LogP) is 1.98. The molecule has 0 aliphatic rings. The number of pyridine rings is 8. The molecule has 80 heavy (non-hydrogen) atoms. The molecule has 8 aromatic heterocycles. The molecule has 0 bridgehead atoms. The second-order valence-corrected chi connectivity index (χ2v) is 15.3. The number of aliphatic hydroxyl groups is 3. The zero-order valence-corrected chi connectivity index (χ0v) is 44.5. The second-order valence-electron chi connectivity index (χ2n) is 15.3. The van der Waals surface area contributed by atoms with Crippen molar-refractivity contribution < 1.29 is 114 Å². The summed E-state index contributed by atoms with van der Waals surface area (Å²) in [4.78, 5) is 122. The number of nitrogens with zero attached hydrogens (tertiary/aromatic N) is 8. The molecular formula is C54H45N8NaO17.